The molecule has 0 unspecified atom stereocenters. The summed E-state index contributed by atoms with van der Waals surface area (Å²) in [5.41, 5.74) is 7.70. The van der Waals surface area contributed by atoms with Crippen LogP contribution in [0.5, 0.6) is 0 Å². The maximum Gasteiger partial charge on any atom is 0.147 e. The fourth-order valence-corrected chi connectivity index (χ4v) is 1.41. The quantitative estimate of drug-likeness (QED) is 0.822. The van der Waals surface area contributed by atoms with Crippen LogP contribution in [0.4, 0.5) is 10.1 Å². The molecule has 1 aromatic carbocycles. The third-order valence-corrected chi connectivity index (χ3v) is 2.28. The van der Waals surface area contributed by atoms with Crippen LogP contribution in [-0.4, -0.2) is 20.6 Å². The van der Waals surface area contributed by atoms with Crippen LogP contribution in [0, 0.1) is 5.82 Å². The van der Waals surface area contributed by atoms with Crippen LogP contribution >= 0.6 is 0 Å². The Hall–Kier alpha value is -1.35. The molecule has 15 heavy (non-hydrogen) atoms. The number of rotatable bonds is 4. The second-order valence-electron chi connectivity index (χ2n) is 3.70. The van der Waals surface area contributed by atoms with Gasteiger partial charge in [-0.3, -0.25) is 0 Å². The Kier molecular flexibility index (Phi) is 3.86. The Bertz CT molecular complexity index is 359. The summed E-state index contributed by atoms with van der Waals surface area (Å²) in [4.78, 5) is 1.74. The minimum Gasteiger partial charge on any atom is -0.375 e. The van der Waals surface area contributed by atoms with Gasteiger partial charge in [0.25, 0.3) is 0 Å². The predicted octanol–water partition coefficient (Wildman–Crippen LogP) is 2.25. The molecule has 0 fully saturated rings. The second-order valence-corrected chi connectivity index (χ2v) is 3.70. The van der Waals surface area contributed by atoms with E-state index in [0.717, 1.165) is 11.1 Å². The SMILES string of the molecule is C=C(CCN)c1ccc(N(C)C)c(F)c1. The van der Waals surface area contributed by atoms with Crippen LogP contribution in [0.15, 0.2) is 24.8 Å². The van der Waals surface area contributed by atoms with E-state index in [4.69, 9.17) is 5.73 Å². The summed E-state index contributed by atoms with van der Waals surface area (Å²) in [6.45, 7) is 4.41. The number of nitrogens with two attached hydrogens (primary N) is 1. The van der Waals surface area contributed by atoms with Crippen molar-refractivity contribution in [3.05, 3.63) is 36.2 Å². The number of benzene rings is 1. The van der Waals surface area contributed by atoms with Gasteiger partial charge in [-0.15, -0.1) is 0 Å². The minimum atomic E-state index is -0.226. The van der Waals surface area contributed by atoms with Crippen molar-refractivity contribution >= 4 is 11.3 Å². The van der Waals surface area contributed by atoms with Crippen LogP contribution in [-0.2, 0) is 0 Å². The molecule has 0 saturated carbocycles. The van der Waals surface area contributed by atoms with Crippen LogP contribution in [0.25, 0.3) is 5.57 Å². The van der Waals surface area contributed by atoms with Crippen LogP contribution in [0.2, 0.25) is 0 Å². The standard InChI is InChI=1S/C12H17FN2/c1-9(6-7-14)10-4-5-12(15(2)3)11(13)8-10/h4-5,8H,1,6-7,14H2,2-3H3. The fraction of sp³-hybridized carbons (Fsp3) is 0.333. The highest BCUT2D eigenvalue weighted by Crippen LogP contribution is 2.23. The van der Waals surface area contributed by atoms with Gasteiger partial charge in [0, 0.05) is 14.1 Å². The van der Waals surface area contributed by atoms with E-state index >= 15 is 0 Å². The lowest BCUT2D eigenvalue weighted by Gasteiger charge is -2.14. The molecular weight excluding hydrogens is 191 g/mol. The number of hydrogen-bond acceptors (Lipinski definition) is 2. The van der Waals surface area contributed by atoms with E-state index in [9.17, 15) is 4.39 Å². The molecule has 0 spiro atoms. The fourth-order valence-electron chi connectivity index (χ4n) is 1.41. The van der Waals surface area contributed by atoms with Gasteiger partial charge in [0.2, 0.25) is 0 Å². The Morgan fingerprint density at radius 3 is 2.60 bits per heavy atom. The number of halogens is 1. The molecule has 0 bridgehead atoms. The van der Waals surface area contributed by atoms with E-state index < -0.39 is 0 Å². The molecule has 0 heterocycles. The van der Waals surface area contributed by atoms with Crippen molar-refractivity contribution in [2.75, 3.05) is 25.5 Å². The molecule has 82 valence electrons. The zero-order chi connectivity index (χ0) is 11.4. The van der Waals surface area contributed by atoms with Crippen LogP contribution < -0.4 is 10.6 Å². The average molecular weight is 208 g/mol. The predicted molar refractivity (Wildman–Crippen MR) is 63.4 cm³/mol. The average Bonchev–Trinajstić information content (AvgIpc) is 2.17. The molecule has 1 rings (SSSR count). The summed E-state index contributed by atoms with van der Waals surface area (Å²) < 4.78 is 13.6. The molecule has 2 N–H and O–H groups in total. The van der Waals surface area contributed by atoms with Gasteiger partial charge in [-0.05, 0) is 36.2 Å². The summed E-state index contributed by atoms with van der Waals surface area (Å²) in [5.74, 6) is -0.226. The molecule has 0 amide bonds. The molecule has 0 atom stereocenters. The zero-order valence-corrected chi connectivity index (χ0v) is 9.26. The third kappa shape index (κ3) is 2.80. The van der Waals surface area contributed by atoms with E-state index in [2.05, 4.69) is 6.58 Å². The van der Waals surface area contributed by atoms with Gasteiger partial charge in [-0.25, -0.2) is 4.39 Å². The summed E-state index contributed by atoms with van der Waals surface area (Å²) in [6.07, 6.45) is 0.695. The highest BCUT2D eigenvalue weighted by molar-refractivity contribution is 5.66. The molecule has 1 aromatic rings. The smallest absolute Gasteiger partial charge is 0.147 e. The molecule has 0 radical (unpaired) electrons. The number of anilines is 1. The van der Waals surface area contributed by atoms with Crippen LogP contribution in [0.3, 0.4) is 0 Å². The zero-order valence-electron chi connectivity index (χ0n) is 9.26. The molecule has 2 nitrogen and oxygen atoms in total. The summed E-state index contributed by atoms with van der Waals surface area (Å²) in [6, 6.07) is 5.14. The van der Waals surface area contributed by atoms with Gasteiger partial charge in [0.05, 0.1) is 5.69 Å². The first-order valence-corrected chi connectivity index (χ1v) is 4.91. The Morgan fingerprint density at radius 2 is 2.13 bits per heavy atom. The topological polar surface area (TPSA) is 29.3 Å². The highest BCUT2D eigenvalue weighted by Gasteiger charge is 2.06. The van der Waals surface area contributed by atoms with Crippen molar-refractivity contribution in [3.8, 4) is 0 Å². The van der Waals surface area contributed by atoms with Crippen molar-refractivity contribution in [2.45, 2.75) is 6.42 Å². The maximum absolute atomic E-state index is 13.6. The van der Waals surface area contributed by atoms with E-state index in [1.807, 2.05) is 20.2 Å². The van der Waals surface area contributed by atoms with Crippen molar-refractivity contribution < 1.29 is 4.39 Å². The monoisotopic (exact) mass is 208 g/mol. The van der Waals surface area contributed by atoms with Crippen molar-refractivity contribution in [3.63, 3.8) is 0 Å². The first kappa shape index (κ1) is 11.7. The lowest BCUT2D eigenvalue weighted by Crippen LogP contribution is -2.10. The molecular formula is C12H17FN2. The first-order valence-electron chi connectivity index (χ1n) is 4.91. The summed E-state index contributed by atoms with van der Waals surface area (Å²) in [5, 5.41) is 0. The largest absolute Gasteiger partial charge is 0.375 e. The Labute approximate surface area is 90.2 Å². The minimum absolute atomic E-state index is 0.226. The van der Waals surface area contributed by atoms with E-state index in [-0.39, 0.29) is 5.82 Å². The number of hydrogen-bond donors (Lipinski definition) is 1. The van der Waals surface area contributed by atoms with Crippen molar-refractivity contribution in [1.82, 2.24) is 0 Å². The van der Waals surface area contributed by atoms with Crippen molar-refractivity contribution in [2.24, 2.45) is 5.73 Å². The molecule has 0 aliphatic heterocycles. The van der Waals surface area contributed by atoms with Crippen molar-refractivity contribution in [1.29, 1.82) is 0 Å². The number of nitrogens with zero attached hydrogens (tertiary/aromatic N) is 1. The molecule has 0 aliphatic carbocycles. The molecule has 3 heteroatoms. The maximum atomic E-state index is 13.6. The lowest BCUT2D eigenvalue weighted by atomic mass is 10.0. The van der Waals surface area contributed by atoms with Crippen LogP contribution in [0.1, 0.15) is 12.0 Å². The Morgan fingerprint density at radius 1 is 1.47 bits per heavy atom. The van der Waals surface area contributed by atoms with Gasteiger partial charge in [-0.2, -0.15) is 0 Å². The summed E-state index contributed by atoms with van der Waals surface area (Å²) in [7, 11) is 3.62. The lowest BCUT2D eigenvalue weighted by molar-refractivity contribution is 0.625. The van der Waals surface area contributed by atoms with E-state index in [0.29, 0.717) is 18.7 Å². The van der Waals surface area contributed by atoms with Gasteiger partial charge in [0.1, 0.15) is 5.82 Å². The van der Waals surface area contributed by atoms with Gasteiger partial charge < -0.3 is 10.6 Å². The Balaban J connectivity index is 2.96. The molecule has 0 aromatic heterocycles. The second kappa shape index (κ2) is 4.94. The van der Waals surface area contributed by atoms with E-state index in [1.165, 1.54) is 6.07 Å². The molecule has 0 aliphatic rings. The van der Waals surface area contributed by atoms with E-state index in [1.54, 1.807) is 11.0 Å². The molecule has 0 saturated heterocycles. The third-order valence-electron chi connectivity index (χ3n) is 2.28. The first-order chi connectivity index (χ1) is 7.06. The van der Waals surface area contributed by atoms with Gasteiger partial charge in [0.15, 0.2) is 0 Å². The normalized spacial score (nSPS) is 10.1. The van der Waals surface area contributed by atoms with Gasteiger partial charge >= 0.3 is 0 Å². The van der Waals surface area contributed by atoms with Gasteiger partial charge in [-0.1, -0.05) is 12.6 Å². The highest BCUT2D eigenvalue weighted by atomic mass is 19.1. The summed E-state index contributed by atoms with van der Waals surface area (Å²) >= 11 is 0.